The Hall–Kier alpha value is -2.44. The Labute approximate surface area is 142 Å². The van der Waals surface area contributed by atoms with Crippen molar-refractivity contribution >= 4 is 5.78 Å². The second-order valence-corrected chi connectivity index (χ2v) is 7.14. The summed E-state index contributed by atoms with van der Waals surface area (Å²) in [7, 11) is 2.15. The molecule has 0 bridgehead atoms. The van der Waals surface area contributed by atoms with Gasteiger partial charge in [-0.05, 0) is 67.9 Å². The molecule has 1 fully saturated rings. The summed E-state index contributed by atoms with van der Waals surface area (Å²) in [5, 5.41) is 9.09. The normalized spacial score (nSPS) is 19.2. The van der Waals surface area contributed by atoms with E-state index in [4.69, 9.17) is 5.26 Å². The Kier molecular flexibility index (Phi) is 3.51. The first-order valence-corrected chi connectivity index (χ1v) is 8.48. The molecule has 0 unspecified atom stereocenters. The summed E-state index contributed by atoms with van der Waals surface area (Å²) in [6.07, 6.45) is 2.77. The number of nitrogens with zero attached hydrogens (tertiary/aromatic N) is 2. The second-order valence-electron chi connectivity index (χ2n) is 7.14. The van der Waals surface area contributed by atoms with Crippen LogP contribution >= 0.6 is 0 Å². The van der Waals surface area contributed by atoms with Gasteiger partial charge in [0, 0.05) is 17.4 Å². The molecule has 0 amide bonds. The van der Waals surface area contributed by atoms with E-state index in [-0.39, 0.29) is 11.2 Å². The third kappa shape index (κ3) is 2.35. The van der Waals surface area contributed by atoms with Crippen molar-refractivity contribution in [1.29, 1.82) is 5.26 Å². The number of likely N-dealkylation sites (tertiary alicyclic amines) is 1. The van der Waals surface area contributed by atoms with Crippen LogP contribution in [0.4, 0.5) is 0 Å². The quantitative estimate of drug-likeness (QED) is 0.804. The number of ketones is 1. The molecule has 2 aliphatic rings. The van der Waals surface area contributed by atoms with E-state index in [9.17, 15) is 4.79 Å². The van der Waals surface area contributed by atoms with Crippen molar-refractivity contribution in [2.24, 2.45) is 0 Å². The zero-order chi connectivity index (χ0) is 16.7. The van der Waals surface area contributed by atoms with Gasteiger partial charge in [-0.1, -0.05) is 24.3 Å². The maximum absolute atomic E-state index is 12.7. The SMILES string of the molecule is CN1CCC2(CC1)CC(=O)c1cc(-c3cccc(C#N)c3)ccc12. The number of Topliss-reactive ketones (excluding diaryl/α,β-unsaturated/α-hetero) is 1. The molecule has 1 saturated heterocycles. The summed E-state index contributed by atoms with van der Waals surface area (Å²) in [6, 6.07) is 16.0. The van der Waals surface area contributed by atoms with Crippen molar-refractivity contribution in [3.05, 3.63) is 59.2 Å². The van der Waals surface area contributed by atoms with Crippen molar-refractivity contribution < 1.29 is 4.79 Å². The molecule has 0 N–H and O–H groups in total. The predicted molar refractivity (Wildman–Crippen MR) is 93.9 cm³/mol. The molecule has 1 aliphatic carbocycles. The number of benzene rings is 2. The highest BCUT2D eigenvalue weighted by atomic mass is 16.1. The Morgan fingerprint density at radius 2 is 1.83 bits per heavy atom. The van der Waals surface area contributed by atoms with Crippen molar-refractivity contribution in [1.82, 2.24) is 4.90 Å². The molecule has 1 heterocycles. The molecule has 2 aromatic rings. The van der Waals surface area contributed by atoms with E-state index in [0.29, 0.717) is 12.0 Å². The molecule has 1 aliphatic heterocycles. The molecular formula is C21H20N2O. The number of fused-ring (bicyclic) bond motifs is 2. The molecule has 4 rings (SSSR count). The number of carbonyl (C=O) groups is 1. The third-order valence-corrected chi connectivity index (χ3v) is 5.66. The van der Waals surface area contributed by atoms with E-state index in [1.54, 1.807) is 6.07 Å². The Balaban J connectivity index is 1.75. The first kappa shape index (κ1) is 15.1. The second kappa shape index (κ2) is 5.58. The van der Waals surface area contributed by atoms with Crippen LogP contribution in [0.15, 0.2) is 42.5 Å². The molecule has 0 aromatic heterocycles. The molecule has 0 saturated carbocycles. The average Bonchev–Trinajstić information content (AvgIpc) is 2.89. The van der Waals surface area contributed by atoms with Crippen LogP contribution in [0.25, 0.3) is 11.1 Å². The van der Waals surface area contributed by atoms with Crippen molar-refractivity contribution in [2.45, 2.75) is 24.7 Å². The van der Waals surface area contributed by atoms with E-state index in [2.05, 4.69) is 30.1 Å². The van der Waals surface area contributed by atoms with Crippen LogP contribution in [0.2, 0.25) is 0 Å². The molecular weight excluding hydrogens is 296 g/mol. The van der Waals surface area contributed by atoms with Crippen LogP contribution in [-0.2, 0) is 5.41 Å². The predicted octanol–water partition coefficient (Wildman–Crippen LogP) is 3.78. The topological polar surface area (TPSA) is 44.1 Å². The van der Waals surface area contributed by atoms with Crippen LogP contribution in [0.3, 0.4) is 0 Å². The lowest BCUT2D eigenvalue weighted by molar-refractivity contribution is 0.0946. The fourth-order valence-corrected chi connectivity index (χ4v) is 4.18. The standard InChI is InChI=1S/C21H20N2O/c1-23-9-7-21(8-10-23)13-20(24)18-12-17(5-6-19(18)21)16-4-2-3-15(11-16)14-22/h2-6,11-12H,7-10,13H2,1H3. The number of hydrogen-bond acceptors (Lipinski definition) is 3. The molecule has 3 heteroatoms. The minimum Gasteiger partial charge on any atom is -0.306 e. The minimum absolute atomic E-state index is 0.0476. The lowest BCUT2D eigenvalue weighted by Gasteiger charge is -2.38. The Bertz CT molecular complexity index is 854. The van der Waals surface area contributed by atoms with Gasteiger partial charge in [0.2, 0.25) is 0 Å². The van der Waals surface area contributed by atoms with Gasteiger partial charge in [0.25, 0.3) is 0 Å². The number of rotatable bonds is 1. The summed E-state index contributed by atoms with van der Waals surface area (Å²) < 4.78 is 0. The molecule has 2 aromatic carbocycles. The molecule has 3 nitrogen and oxygen atoms in total. The first-order chi connectivity index (χ1) is 11.6. The van der Waals surface area contributed by atoms with Gasteiger partial charge < -0.3 is 4.90 Å². The van der Waals surface area contributed by atoms with Gasteiger partial charge in [0.1, 0.15) is 0 Å². The highest BCUT2D eigenvalue weighted by Crippen LogP contribution is 2.46. The average molecular weight is 316 g/mol. The number of carbonyl (C=O) groups excluding carboxylic acids is 1. The van der Waals surface area contributed by atoms with Gasteiger partial charge in [0.05, 0.1) is 11.6 Å². The summed E-state index contributed by atoms with van der Waals surface area (Å²) in [4.78, 5) is 15.0. The van der Waals surface area contributed by atoms with Gasteiger partial charge in [-0.25, -0.2) is 0 Å². The number of hydrogen-bond donors (Lipinski definition) is 0. The van der Waals surface area contributed by atoms with E-state index in [1.807, 2.05) is 24.3 Å². The van der Waals surface area contributed by atoms with E-state index in [0.717, 1.165) is 42.6 Å². The summed E-state index contributed by atoms with van der Waals surface area (Å²) in [6.45, 7) is 2.11. The van der Waals surface area contributed by atoms with Crippen LogP contribution in [-0.4, -0.2) is 30.8 Å². The van der Waals surface area contributed by atoms with Crippen molar-refractivity contribution in [3.63, 3.8) is 0 Å². The zero-order valence-corrected chi connectivity index (χ0v) is 13.9. The summed E-state index contributed by atoms with van der Waals surface area (Å²) in [5.41, 5.74) is 4.83. The molecule has 0 radical (unpaired) electrons. The molecule has 120 valence electrons. The number of nitriles is 1. The van der Waals surface area contributed by atoms with Gasteiger partial charge >= 0.3 is 0 Å². The highest BCUT2D eigenvalue weighted by Gasteiger charge is 2.44. The van der Waals surface area contributed by atoms with Crippen molar-refractivity contribution in [2.75, 3.05) is 20.1 Å². The van der Waals surface area contributed by atoms with E-state index < -0.39 is 0 Å². The lowest BCUT2D eigenvalue weighted by Crippen LogP contribution is -2.39. The summed E-state index contributed by atoms with van der Waals surface area (Å²) in [5.74, 6) is 0.271. The maximum Gasteiger partial charge on any atom is 0.164 e. The van der Waals surface area contributed by atoms with Crippen LogP contribution in [0.1, 0.15) is 40.7 Å². The van der Waals surface area contributed by atoms with Gasteiger partial charge in [-0.15, -0.1) is 0 Å². The van der Waals surface area contributed by atoms with Gasteiger partial charge in [0.15, 0.2) is 5.78 Å². The first-order valence-electron chi connectivity index (χ1n) is 8.48. The van der Waals surface area contributed by atoms with Crippen LogP contribution < -0.4 is 0 Å². The Morgan fingerprint density at radius 3 is 2.58 bits per heavy atom. The Morgan fingerprint density at radius 1 is 1.08 bits per heavy atom. The molecule has 0 atom stereocenters. The molecule has 24 heavy (non-hydrogen) atoms. The largest absolute Gasteiger partial charge is 0.306 e. The summed E-state index contributed by atoms with van der Waals surface area (Å²) >= 11 is 0. The van der Waals surface area contributed by atoms with Gasteiger partial charge in [-0.3, -0.25) is 4.79 Å². The zero-order valence-electron chi connectivity index (χ0n) is 13.9. The van der Waals surface area contributed by atoms with Crippen LogP contribution in [0, 0.1) is 11.3 Å². The van der Waals surface area contributed by atoms with Crippen molar-refractivity contribution in [3.8, 4) is 17.2 Å². The van der Waals surface area contributed by atoms with E-state index >= 15 is 0 Å². The lowest BCUT2D eigenvalue weighted by atomic mass is 9.73. The van der Waals surface area contributed by atoms with E-state index in [1.165, 1.54) is 5.56 Å². The van der Waals surface area contributed by atoms with Crippen LogP contribution in [0.5, 0.6) is 0 Å². The highest BCUT2D eigenvalue weighted by molar-refractivity contribution is 6.03. The fraction of sp³-hybridized carbons (Fsp3) is 0.333. The number of piperidine rings is 1. The smallest absolute Gasteiger partial charge is 0.164 e. The fourth-order valence-electron chi connectivity index (χ4n) is 4.18. The third-order valence-electron chi connectivity index (χ3n) is 5.66. The minimum atomic E-state index is 0.0476. The molecule has 1 spiro atoms. The van der Waals surface area contributed by atoms with Gasteiger partial charge in [-0.2, -0.15) is 5.26 Å². The monoisotopic (exact) mass is 316 g/mol. The maximum atomic E-state index is 12.7.